The van der Waals surface area contributed by atoms with Gasteiger partial charge in [-0.25, -0.2) is 9.89 Å². The molecule has 1 aromatic heterocycles. The third kappa shape index (κ3) is 7.74. The second kappa shape index (κ2) is 10.2. The van der Waals surface area contributed by atoms with Gasteiger partial charge in [-0.2, -0.15) is 5.10 Å². The molecule has 0 bridgehead atoms. The second-order valence-corrected chi connectivity index (χ2v) is 7.37. The molecule has 0 aliphatic carbocycles. The molecule has 0 radical (unpaired) electrons. The molecule has 2 aromatic rings. The van der Waals surface area contributed by atoms with Crippen LogP contribution in [-0.2, 0) is 16.1 Å². The van der Waals surface area contributed by atoms with E-state index in [2.05, 4.69) is 26.1 Å². The van der Waals surface area contributed by atoms with Crippen molar-refractivity contribution < 1.29 is 19.1 Å². The molecule has 2 rings (SSSR count). The molecule has 10 heteroatoms. The third-order valence-corrected chi connectivity index (χ3v) is 3.66. The second-order valence-electron chi connectivity index (χ2n) is 7.37. The zero-order chi connectivity index (χ0) is 22.1. The van der Waals surface area contributed by atoms with Crippen LogP contribution in [0.2, 0.25) is 0 Å². The number of aromatic nitrogens is 2. The summed E-state index contributed by atoms with van der Waals surface area (Å²) in [6.45, 7) is 5.52. The predicted molar refractivity (Wildman–Crippen MR) is 110 cm³/mol. The Bertz CT molecular complexity index is 944. The molecule has 1 aromatic carbocycles. The first-order valence-electron chi connectivity index (χ1n) is 9.32. The Morgan fingerprint density at radius 3 is 2.47 bits per heavy atom. The molecule has 0 fully saturated rings. The van der Waals surface area contributed by atoms with E-state index in [1.165, 1.54) is 12.1 Å². The van der Waals surface area contributed by atoms with Crippen LogP contribution in [0.25, 0.3) is 0 Å². The summed E-state index contributed by atoms with van der Waals surface area (Å²) in [5, 5.41) is 13.8. The van der Waals surface area contributed by atoms with Gasteiger partial charge in [-0.15, -0.1) is 0 Å². The minimum Gasteiger partial charge on any atom is -0.444 e. The molecule has 0 spiro atoms. The molecule has 0 atom stereocenters. The zero-order valence-electron chi connectivity index (χ0n) is 17.1. The van der Waals surface area contributed by atoms with Crippen LogP contribution in [0.1, 0.15) is 43.2 Å². The van der Waals surface area contributed by atoms with Gasteiger partial charge in [0.05, 0.1) is 0 Å². The van der Waals surface area contributed by atoms with Crippen LogP contribution in [-0.4, -0.2) is 40.3 Å². The van der Waals surface area contributed by atoms with E-state index < -0.39 is 23.2 Å². The summed E-state index contributed by atoms with van der Waals surface area (Å²) in [5.41, 5.74) is 0.281. The molecule has 0 saturated carbocycles. The SMILES string of the molecule is CC(C)(C)OC(=O)NCCC(=O)Nc1ccccc1CNC(=O)c1ccc(=O)[nH]n1. The van der Waals surface area contributed by atoms with Crippen LogP contribution in [0.4, 0.5) is 10.5 Å². The lowest BCUT2D eigenvalue weighted by Gasteiger charge is -2.19. The number of anilines is 1. The maximum absolute atomic E-state index is 12.2. The fourth-order valence-electron chi connectivity index (χ4n) is 2.34. The van der Waals surface area contributed by atoms with Crippen LogP contribution < -0.4 is 21.5 Å². The Labute approximate surface area is 173 Å². The Morgan fingerprint density at radius 2 is 1.80 bits per heavy atom. The van der Waals surface area contributed by atoms with Crippen molar-refractivity contribution in [2.45, 2.75) is 39.3 Å². The van der Waals surface area contributed by atoms with Crippen molar-refractivity contribution in [1.82, 2.24) is 20.8 Å². The minimum atomic E-state index is -0.611. The number of benzene rings is 1. The van der Waals surface area contributed by atoms with E-state index in [1.807, 2.05) is 0 Å². The fraction of sp³-hybridized carbons (Fsp3) is 0.350. The van der Waals surface area contributed by atoms with E-state index in [0.29, 0.717) is 11.3 Å². The van der Waals surface area contributed by atoms with Crippen LogP contribution in [0.3, 0.4) is 0 Å². The molecule has 0 aliphatic heterocycles. The van der Waals surface area contributed by atoms with Crippen molar-refractivity contribution >= 4 is 23.6 Å². The number of hydrogen-bond donors (Lipinski definition) is 4. The van der Waals surface area contributed by atoms with Gasteiger partial charge in [0.15, 0.2) is 0 Å². The van der Waals surface area contributed by atoms with Gasteiger partial charge in [-0.3, -0.25) is 14.4 Å². The summed E-state index contributed by atoms with van der Waals surface area (Å²) < 4.78 is 5.11. The maximum Gasteiger partial charge on any atom is 0.407 e. The first kappa shape index (κ1) is 22.6. The molecular weight excluding hydrogens is 390 g/mol. The summed E-state index contributed by atoms with van der Waals surface area (Å²) >= 11 is 0. The lowest BCUT2D eigenvalue weighted by atomic mass is 10.1. The largest absolute Gasteiger partial charge is 0.444 e. The number of carbonyl (C=O) groups is 3. The number of alkyl carbamates (subject to hydrolysis) is 1. The van der Waals surface area contributed by atoms with Gasteiger partial charge >= 0.3 is 6.09 Å². The van der Waals surface area contributed by atoms with E-state index in [1.54, 1.807) is 45.0 Å². The number of amides is 3. The molecule has 0 aliphatic rings. The Balaban J connectivity index is 1.86. The highest BCUT2D eigenvalue weighted by Gasteiger charge is 2.16. The highest BCUT2D eigenvalue weighted by atomic mass is 16.6. The highest BCUT2D eigenvalue weighted by Crippen LogP contribution is 2.15. The van der Waals surface area contributed by atoms with E-state index >= 15 is 0 Å². The summed E-state index contributed by atoms with van der Waals surface area (Å²) in [4.78, 5) is 47.0. The third-order valence-electron chi connectivity index (χ3n) is 3.66. The number of H-pyrrole nitrogens is 1. The van der Waals surface area contributed by atoms with Crippen LogP contribution in [0.15, 0.2) is 41.2 Å². The number of nitrogens with one attached hydrogen (secondary N) is 4. The van der Waals surface area contributed by atoms with E-state index in [9.17, 15) is 19.2 Å². The van der Waals surface area contributed by atoms with Crippen LogP contribution >= 0.6 is 0 Å². The van der Waals surface area contributed by atoms with Gasteiger partial charge < -0.3 is 20.7 Å². The van der Waals surface area contributed by atoms with Crippen molar-refractivity contribution in [3.63, 3.8) is 0 Å². The van der Waals surface area contributed by atoms with E-state index in [-0.39, 0.29) is 31.1 Å². The van der Waals surface area contributed by atoms with Crippen molar-refractivity contribution in [3.8, 4) is 0 Å². The minimum absolute atomic E-state index is 0.0568. The Hall–Kier alpha value is -3.69. The quantitative estimate of drug-likeness (QED) is 0.540. The summed E-state index contributed by atoms with van der Waals surface area (Å²) in [6.07, 6.45) is -0.532. The lowest BCUT2D eigenvalue weighted by molar-refractivity contribution is -0.116. The summed E-state index contributed by atoms with van der Waals surface area (Å²) in [5.74, 6) is -0.763. The maximum atomic E-state index is 12.2. The average molecular weight is 415 g/mol. The highest BCUT2D eigenvalue weighted by molar-refractivity contribution is 5.93. The Kier molecular flexibility index (Phi) is 7.68. The molecule has 30 heavy (non-hydrogen) atoms. The smallest absolute Gasteiger partial charge is 0.407 e. The monoisotopic (exact) mass is 415 g/mol. The average Bonchev–Trinajstić information content (AvgIpc) is 2.66. The number of nitrogens with zero attached hydrogens (tertiary/aromatic N) is 1. The normalized spacial score (nSPS) is 10.8. The number of carbonyl (C=O) groups excluding carboxylic acids is 3. The van der Waals surface area contributed by atoms with Gasteiger partial charge in [-0.1, -0.05) is 18.2 Å². The Morgan fingerprint density at radius 1 is 1.07 bits per heavy atom. The number of hydrogen-bond acceptors (Lipinski definition) is 6. The summed E-state index contributed by atoms with van der Waals surface area (Å²) in [6, 6.07) is 9.53. The molecule has 10 nitrogen and oxygen atoms in total. The zero-order valence-corrected chi connectivity index (χ0v) is 17.1. The van der Waals surface area contributed by atoms with Gasteiger partial charge in [0.2, 0.25) is 5.91 Å². The number of aromatic amines is 1. The molecule has 1 heterocycles. The molecule has 4 N–H and O–H groups in total. The van der Waals surface area contributed by atoms with Gasteiger partial charge in [0.1, 0.15) is 11.3 Å². The molecule has 0 unspecified atom stereocenters. The van der Waals surface area contributed by atoms with Crippen molar-refractivity contribution in [1.29, 1.82) is 0 Å². The van der Waals surface area contributed by atoms with Crippen LogP contribution in [0.5, 0.6) is 0 Å². The lowest BCUT2D eigenvalue weighted by Crippen LogP contribution is -2.34. The number of rotatable bonds is 7. The van der Waals surface area contributed by atoms with E-state index in [4.69, 9.17) is 4.74 Å². The van der Waals surface area contributed by atoms with Gasteiger partial charge in [0.25, 0.3) is 11.5 Å². The van der Waals surface area contributed by atoms with Crippen molar-refractivity contribution in [2.75, 3.05) is 11.9 Å². The fourth-order valence-corrected chi connectivity index (χ4v) is 2.34. The first-order valence-corrected chi connectivity index (χ1v) is 9.32. The number of para-hydroxylation sites is 1. The van der Waals surface area contributed by atoms with Crippen LogP contribution in [0, 0.1) is 0 Å². The standard InChI is InChI=1S/C20H25N5O5/c1-20(2,3)30-19(29)21-11-10-16(26)23-14-7-5-4-6-13(14)12-22-18(28)15-8-9-17(27)25-24-15/h4-9H,10-12H2,1-3H3,(H,21,29)(H,22,28)(H,23,26)(H,25,27). The molecule has 0 saturated heterocycles. The first-order chi connectivity index (χ1) is 14.1. The van der Waals surface area contributed by atoms with Gasteiger partial charge in [0, 0.05) is 31.3 Å². The predicted octanol–water partition coefficient (Wildman–Crippen LogP) is 1.55. The molecule has 160 valence electrons. The van der Waals surface area contributed by atoms with E-state index in [0.717, 1.165) is 0 Å². The number of ether oxygens (including phenoxy) is 1. The van der Waals surface area contributed by atoms with Crippen molar-refractivity contribution in [3.05, 3.63) is 58.0 Å². The van der Waals surface area contributed by atoms with Crippen molar-refractivity contribution in [2.24, 2.45) is 0 Å². The molecule has 3 amide bonds. The molecular formula is C20H25N5O5. The topological polar surface area (TPSA) is 142 Å². The van der Waals surface area contributed by atoms with Gasteiger partial charge in [-0.05, 0) is 38.5 Å². The summed E-state index contributed by atoms with van der Waals surface area (Å²) in [7, 11) is 0.